The van der Waals surface area contributed by atoms with Crippen LogP contribution >= 0.6 is 0 Å². The Morgan fingerprint density at radius 3 is 2.35 bits per heavy atom. The van der Waals surface area contributed by atoms with Gasteiger partial charge in [-0.3, -0.25) is 4.79 Å². The molecule has 0 unspecified atom stereocenters. The summed E-state index contributed by atoms with van der Waals surface area (Å²) in [6, 6.07) is 20.1. The maximum absolute atomic E-state index is 12.2. The third-order valence-corrected chi connectivity index (χ3v) is 6.01. The van der Waals surface area contributed by atoms with E-state index in [4.69, 9.17) is 10.7 Å². The maximum atomic E-state index is 12.2. The Kier molecular flexibility index (Phi) is 5.24. The second-order valence-corrected chi connectivity index (χ2v) is 9.06. The maximum Gasteiger partial charge on any atom is 0.240 e. The minimum absolute atomic E-state index is 0.0885. The zero-order valence-electron chi connectivity index (χ0n) is 17.2. The molecule has 1 amide bonds. The van der Waals surface area contributed by atoms with Gasteiger partial charge in [-0.15, -0.1) is 0 Å². The van der Waals surface area contributed by atoms with E-state index in [0.717, 1.165) is 43.7 Å². The van der Waals surface area contributed by atoms with E-state index in [9.17, 15) is 13.2 Å². The molecule has 0 aliphatic heterocycles. The fraction of sp³-hybridized carbons (Fsp3) is 0.130. The Morgan fingerprint density at radius 1 is 1.00 bits per heavy atom. The van der Waals surface area contributed by atoms with Gasteiger partial charge in [-0.25, -0.2) is 17.7 Å². The highest BCUT2D eigenvalue weighted by atomic mass is 32.2. The largest absolute Gasteiger partial charge is 0.399 e. The Labute approximate surface area is 180 Å². The number of nitrogens with zero attached hydrogens (tertiary/aromatic N) is 2. The van der Waals surface area contributed by atoms with Crippen molar-refractivity contribution in [1.82, 2.24) is 4.98 Å². The van der Waals surface area contributed by atoms with Crippen LogP contribution in [0.2, 0.25) is 0 Å². The van der Waals surface area contributed by atoms with Crippen LogP contribution in [-0.2, 0) is 14.8 Å². The molecule has 1 aromatic heterocycles. The molecule has 0 spiro atoms. The monoisotopic (exact) mass is 434 g/mol. The van der Waals surface area contributed by atoms with Gasteiger partial charge in [0.15, 0.2) is 0 Å². The minimum Gasteiger partial charge on any atom is -0.399 e. The number of sulfonamides is 1. The average Bonchev–Trinajstić information content (AvgIpc) is 2.73. The van der Waals surface area contributed by atoms with Gasteiger partial charge in [0.05, 0.1) is 28.7 Å². The van der Waals surface area contributed by atoms with Gasteiger partial charge in [0.1, 0.15) is 0 Å². The number of amides is 1. The summed E-state index contributed by atoms with van der Waals surface area (Å²) in [5, 5.41) is 5.28. The highest BCUT2D eigenvalue weighted by Crippen LogP contribution is 2.34. The Hall–Kier alpha value is -3.65. The van der Waals surface area contributed by atoms with Crippen molar-refractivity contribution in [3.05, 3.63) is 66.7 Å². The average molecular weight is 435 g/mol. The summed E-state index contributed by atoms with van der Waals surface area (Å²) in [6.07, 6.45) is 1.11. The SMILES string of the molecule is CCC(=O)N(c1ccc(Nc2c3ccccc3nc3cc(N)ccc23)cc1)S(C)(=O)=O. The van der Waals surface area contributed by atoms with Crippen LogP contribution in [0.5, 0.6) is 0 Å². The number of aromatic nitrogens is 1. The Balaban J connectivity index is 1.78. The zero-order valence-corrected chi connectivity index (χ0v) is 18.0. The van der Waals surface area contributed by atoms with Gasteiger partial charge < -0.3 is 11.1 Å². The molecule has 0 bridgehead atoms. The van der Waals surface area contributed by atoms with Crippen molar-refractivity contribution in [2.24, 2.45) is 0 Å². The second-order valence-electron chi connectivity index (χ2n) is 7.23. The number of carbonyl (C=O) groups is 1. The number of benzene rings is 3. The van der Waals surface area contributed by atoms with Crippen molar-refractivity contribution < 1.29 is 13.2 Å². The molecular weight excluding hydrogens is 412 g/mol. The van der Waals surface area contributed by atoms with Crippen LogP contribution in [0, 0.1) is 0 Å². The van der Waals surface area contributed by atoms with E-state index in [2.05, 4.69) is 5.32 Å². The molecule has 4 rings (SSSR count). The molecule has 3 aromatic carbocycles. The van der Waals surface area contributed by atoms with Crippen molar-refractivity contribution in [3.63, 3.8) is 0 Å². The number of hydrogen-bond donors (Lipinski definition) is 2. The van der Waals surface area contributed by atoms with Crippen LogP contribution in [0.25, 0.3) is 21.8 Å². The fourth-order valence-electron chi connectivity index (χ4n) is 3.53. The summed E-state index contributed by atoms with van der Waals surface area (Å²) in [4.78, 5) is 16.9. The number of nitrogens with one attached hydrogen (secondary N) is 1. The summed E-state index contributed by atoms with van der Waals surface area (Å²) < 4.78 is 25.0. The highest BCUT2D eigenvalue weighted by Gasteiger charge is 2.23. The number of para-hydroxylation sites is 1. The van der Waals surface area contributed by atoms with Crippen molar-refractivity contribution in [3.8, 4) is 0 Å². The van der Waals surface area contributed by atoms with Crippen molar-refractivity contribution >= 4 is 60.5 Å². The van der Waals surface area contributed by atoms with Crippen molar-refractivity contribution in [2.75, 3.05) is 21.6 Å². The van der Waals surface area contributed by atoms with Gasteiger partial charge in [0.25, 0.3) is 0 Å². The lowest BCUT2D eigenvalue weighted by Crippen LogP contribution is -2.35. The van der Waals surface area contributed by atoms with E-state index in [1.165, 1.54) is 0 Å². The molecule has 0 saturated heterocycles. The molecule has 158 valence electrons. The number of nitrogens with two attached hydrogens (primary N) is 1. The number of anilines is 4. The van der Waals surface area contributed by atoms with Crippen LogP contribution < -0.4 is 15.4 Å². The Morgan fingerprint density at radius 2 is 1.68 bits per heavy atom. The van der Waals surface area contributed by atoms with Crippen molar-refractivity contribution in [2.45, 2.75) is 13.3 Å². The van der Waals surface area contributed by atoms with E-state index in [1.807, 2.05) is 42.5 Å². The van der Waals surface area contributed by atoms with Gasteiger partial charge >= 0.3 is 0 Å². The third-order valence-electron chi connectivity index (χ3n) is 4.94. The molecule has 3 N–H and O–H groups in total. The first kappa shape index (κ1) is 20.6. The number of fused-ring (bicyclic) bond motifs is 2. The normalized spacial score (nSPS) is 11.5. The summed E-state index contributed by atoms with van der Waals surface area (Å²) in [7, 11) is -3.72. The molecule has 0 radical (unpaired) electrons. The summed E-state index contributed by atoms with van der Waals surface area (Å²) >= 11 is 0. The quantitative estimate of drug-likeness (QED) is 0.356. The molecule has 0 aliphatic rings. The predicted molar refractivity (Wildman–Crippen MR) is 126 cm³/mol. The van der Waals surface area contributed by atoms with Gasteiger partial charge in [-0.1, -0.05) is 25.1 Å². The molecule has 31 heavy (non-hydrogen) atoms. The fourth-order valence-corrected chi connectivity index (χ4v) is 4.54. The first-order chi connectivity index (χ1) is 14.8. The summed E-state index contributed by atoms with van der Waals surface area (Å²) in [5.41, 5.74) is 10.1. The zero-order chi connectivity index (χ0) is 22.2. The molecular formula is C23H22N4O3S. The van der Waals surface area contributed by atoms with Crippen LogP contribution in [0.3, 0.4) is 0 Å². The molecule has 0 aliphatic carbocycles. The van der Waals surface area contributed by atoms with Gasteiger partial charge in [0, 0.05) is 28.6 Å². The molecule has 0 saturated carbocycles. The molecule has 0 fully saturated rings. The number of hydrogen-bond acceptors (Lipinski definition) is 6. The number of pyridine rings is 1. The number of nitrogen functional groups attached to an aromatic ring is 1. The van der Waals surface area contributed by atoms with Crippen LogP contribution in [0.15, 0.2) is 66.7 Å². The molecule has 1 heterocycles. The predicted octanol–water partition coefficient (Wildman–Crippen LogP) is 4.42. The molecule has 0 atom stereocenters. The van der Waals surface area contributed by atoms with E-state index >= 15 is 0 Å². The highest BCUT2D eigenvalue weighted by molar-refractivity contribution is 7.92. The number of rotatable bonds is 5. The topological polar surface area (TPSA) is 105 Å². The lowest BCUT2D eigenvalue weighted by molar-refractivity contribution is -0.117. The molecule has 4 aromatic rings. The summed E-state index contributed by atoms with van der Waals surface area (Å²) in [6.45, 7) is 1.63. The standard InChI is InChI=1S/C23H22N4O3S/c1-3-22(28)27(31(2,29)30)17-11-9-16(10-12-17)25-23-18-6-4-5-7-20(18)26-21-14-15(24)8-13-19(21)23/h4-14H,3,24H2,1-2H3,(H,25,26). The van der Waals surface area contributed by atoms with Gasteiger partial charge in [-0.05, 0) is 48.5 Å². The van der Waals surface area contributed by atoms with Gasteiger partial charge in [0.2, 0.25) is 15.9 Å². The van der Waals surface area contributed by atoms with E-state index < -0.39 is 15.9 Å². The lowest BCUT2D eigenvalue weighted by Gasteiger charge is -2.20. The van der Waals surface area contributed by atoms with Gasteiger partial charge in [-0.2, -0.15) is 0 Å². The van der Waals surface area contributed by atoms with Crippen LogP contribution in [0.4, 0.5) is 22.7 Å². The summed E-state index contributed by atoms with van der Waals surface area (Å²) in [5.74, 6) is -0.480. The third kappa shape index (κ3) is 4.02. The van der Waals surface area contributed by atoms with Crippen LogP contribution in [-0.4, -0.2) is 25.6 Å². The molecule has 7 nitrogen and oxygen atoms in total. The van der Waals surface area contributed by atoms with E-state index in [1.54, 1.807) is 31.2 Å². The minimum atomic E-state index is -3.72. The lowest BCUT2D eigenvalue weighted by atomic mass is 10.1. The Bertz CT molecular complexity index is 1400. The number of carbonyl (C=O) groups excluding carboxylic acids is 1. The van der Waals surface area contributed by atoms with E-state index in [-0.39, 0.29) is 6.42 Å². The first-order valence-corrected chi connectivity index (χ1v) is 11.6. The smallest absolute Gasteiger partial charge is 0.240 e. The molecule has 8 heteroatoms. The first-order valence-electron chi connectivity index (χ1n) is 9.76. The second kappa shape index (κ2) is 7.88. The van der Waals surface area contributed by atoms with Crippen LogP contribution in [0.1, 0.15) is 13.3 Å². The van der Waals surface area contributed by atoms with Crippen molar-refractivity contribution in [1.29, 1.82) is 0 Å². The van der Waals surface area contributed by atoms with E-state index in [0.29, 0.717) is 11.4 Å².